The molecule has 5 aliphatic carbocycles. The van der Waals surface area contributed by atoms with Crippen molar-refractivity contribution < 1.29 is 0 Å². The summed E-state index contributed by atoms with van der Waals surface area (Å²) in [6.45, 7) is 0. The van der Waals surface area contributed by atoms with Crippen molar-refractivity contribution in [1.29, 1.82) is 0 Å². The smallest absolute Gasteiger partial charge is 0.0803 e. The molecule has 8 aromatic carbocycles. The highest BCUT2D eigenvalue weighted by Gasteiger charge is 2.58. The van der Waals surface area contributed by atoms with E-state index in [2.05, 4.69) is 230 Å². The Labute approximate surface area is 350 Å². The molecule has 0 saturated carbocycles. The van der Waals surface area contributed by atoms with Gasteiger partial charge in [0.15, 0.2) is 0 Å². The first-order valence-electron chi connectivity index (χ1n) is 21.0. The minimum absolute atomic E-state index is 0.0242. The molecule has 0 heteroatoms. The van der Waals surface area contributed by atoms with Crippen LogP contribution in [0.4, 0.5) is 0 Å². The molecule has 2 spiro atoms. The van der Waals surface area contributed by atoms with Crippen LogP contribution in [0.3, 0.4) is 0 Å². The van der Waals surface area contributed by atoms with Crippen molar-refractivity contribution >= 4 is 56.0 Å². The van der Waals surface area contributed by atoms with Crippen LogP contribution in [0, 0.1) is 35.5 Å². The normalized spacial score (nSPS) is 22.2. The van der Waals surface area contributed by atoms with E-state index in [0.717, 1.165) is 11.1 Å². The molecule has 2 unspecified atom stereocenters. The number of fused-ring (bicyclic) bond motifs is 10. The number of benzene rings is 8. The maximum atomic E-state index is 4.15. The lowest BCUT2D eigenvalue weighted by molar-refractivity contribution is 0.564. The Balaban J connectivity index is 1.20. The van der Waals surface area contributed by atoms with Crippen LogP contribution in [0.15, 0.2) is 194 Å². The summed E-state index contributed by atoms with van der Waals surface area (Å²) in [5, 5.41) is 4.93. The second-order valence-corrected chi connectivity index (χ2v) is 16.7. The zero-order valence-electron chi connectivity index (χ0n) is 32.8. The summed E-state index contributed by atoms with van der Waals surface area (Å²) < 4.78 is 0. The fourth-order valence-electron chi connectivity index (χ4n) is 11.4. The Morgan fingerprint density at radius 2 is 0.733 bits per heavy atom. The molecule has 4 bridgehead atoms. The Morgan fingerprint density at radius 1 is 0.350 bits per heavy atom. The Kier molecular flexibility index (Phi) is 6.91. The third-order valence-corrected chi connectivity index (χ3v) is 13.9. The van der Waals surface area contributed by atoms with Crippen molar-refractivity contribution in [3.63, 3.8) is 0 Å². The van der Waals surface area contributed by atoms with Gasteiger partial charge in [-0.25, -0.2) is 0 Å². The molecule has 0 radical (unpaired) electrons. The second kappa shape index (κ2) is 12.4. The van der Waals surface area contributed by atoms with Crippen LogP contribution >= 0.6 is 0 Å². The molecular weight excluding hydrogens is 721 g/mol. The van der Waals surface area contributed by atoms with Crippen molar-refractivity contribution in [2.24, 2.45) is 11.8 Å². The zero-order valence-corrected chi connectivity index (χ0v) is 32.8. The SMILES string of the molecule is C1#C[C@]23C(c4cccc5ccccc45)=C(c4ccccc4C#C[C@@]45C(c6cccc7ccccc67)=C(c6ccccc61)C4C=Cc1ccccc15)C2C=Cc1ccccc13. The average molecular weight is 757 g/mol. The zero-order chi connectivity index (χ0) is 39.4. The monoisotopic (exact) mass is 756 g/mol. The predicted molar refractivity (Wildman–Crippen MR) is 249 cm³/mol. The molecule has 0 N–H and O–H groups in total. The van der Waals surface area contributed by atoms with Gasteiger partial charge in [0.05, 0.1) is 10.8 Å². The lowest BCUT2D eigenvalue weighted by Crippen LogP contribution is -2.47. The molecule has 0 nitrogen and oxygen atoms in total. The van der Waals surface area contributed by atoms with Gasteiger partial charge in [-0.05, 0) is 100 Å². The fourth-order valence-corrected chi connectivity index (χ4v) is 11.4. The van der Waals surface area contributed by atoms with E-state index in [1.807, 2.05) is 0 Å². The molecule has 5 aliphatic rings. The number of hydrogen-bond donors (Lipinski definition) is 0. The van der Waals surface area contributed by atoms with Crippen LogP contribution < -0.4 is 0 Å². The van der Waals surface area contributed by atoms with E-state index in [1.165, 1.54) is 88.3 Å². The highest BCUT2D eigenvalue weighted by atomic mass is 14.6. The predicted octanol–water partition coefficient (Wildman–Crippen LogP) is 13.4. The molecule has 0 aliphatic heterocycles. The van der Waals surface area contributed by atoms with Crippen LogP contribution in [-0.2, 0) is 10.8 Å². The number of hydrogen-bond acceptors (Lipinski definition) is 0. The molecule has 8 aromatic rings. The van der Waals surface area contributed by atoms with Crippen LogP contribution in [0.2, 0.25) is 0 Å². The summed E-state index contributed by atoms with van der Waals surface area (Å²) in [5.74, 6) is 16.3. The van der Waals surface area contributed by atoms with Gasteiger partial charge in [-0.1, -0.05) is 218 Å². The largest absolute Gasteiger partial charge is 0.0933 e. The van der Waals surface area contributed by atoms with Crippen LogP contribution in [0.1, 0.15) is 55.6 Å². The summed E-state index contributed by atoms with van der Waals surface area (Å²) in [5.41, 5.74) is 15.8. The molecule has 13 rings (SSSR count). The average Bonchev–Trinajstić information content (AvgIpc) is 3.29. The molecule has 0 aromatic heterocycles. The van der Waals surface area contributed by atoms with Crippen molar-refractivity contribution in [3.8, 4) is 23.7 Å². The number of rotatable bonds is 2. The van der Waals surface area contributed by atoms with Crippen LogP contribution in [0.25, 0.3) is 56.0 Å². The van der Waals surface area contributed by atoms with E-state index >= 15 is 0 Å². The summed E-state index contributed by atoms with van der Waals surface area (Å²) in [7, 11) is 0. The number of allylic oxidation sites excluding steroid dienone is 6. The van der Waals surface area contributed by atoms with Gasteiger partial charge in [-0.15, -0.1) is 0 Å². The van der Waals surface area contributed by atoms with Crippen LogP contribution in [0.5, 0.6) is 0 Å². The molecule has 276 valence electrons. The second-order valence-electron chi connectivity index (χ2n) is 16.7. The minimum atomic E-state index is -0.595. The van der Waals surface area contributed by atoms with Gasteiger partial charge in [-0.3, -0.25) is 0 Å². The van der Waals surface area contributed by atoms with Crippen molar-refractivity contribution in [3.05, 3.63) is 250 Å². The van der Waals surface area contributed by atoms with E-state index in [1.54, 1.807) is 0 Å². The van der Waals surface area contributed by atoms with E-state index in [4.69, 9.17) is 0 Å². The first kappa shape index (κ1) is 33.3. The highest BCUT2D eigenvalue weighted by Crippen LogP contribution is 2.67. The lowest BCUT2D eigenvalue weighted by atomic mass is 9.47. The fraction of sp³-hybridized carbons (Fsp3) is 0.0667. The van der Waals surface area contributed by atoms with E-state index in [0.29, 0.717) is 0 Å². The van der Waals surface area contributed by atoms with E-state index in [-0.39, 0.29) is 11.8 Å². The molecule has 60 heavy (non-hydrogen) atoms. The minimum Gasteiger partial charge on any atom is -0.0803 e. The standard InChI is InChI=1S/C60H36/c1-7-23-45-39(15-1)21-13-27-49(45)57-55-47-25-9-3-17-41(47)36-38-60-52-30-12-6-20-44(52)32-34-54(60)56(58(60)50-28-14-22-40-16-2-8-24-46(40)50)48-26-10-4-18-42(48)35-37-59(57)51-29-11-5-19-43(51)31-33-53(55)59/h1-34,53-54H/t53?,54?,59-,60+. The summed E-state index contributed by atoms with van der Waals surface area (Å²) >= 11 is 0. The molecule has 4 atom stereocenters. The Morgan fingerprint density at radius 3 is 1.23 bits per heavy atom. The van der Waals surface area contributed by atoms with Crippen molar-refractivity contribution in [1.82, 2.24) is 0 Å². The molecule has 0 saturated heterocycles. The van der Waals surface area contributed by atoms with Gasteiger partial charge in [0.2, 0.25) is 0 Å². The van der Waals surface area contributed by atoms with Gasteiger partial charge >= 0.3 is 0 Å². The molecule has 0 heterocycles. The van der Waals surface area contributed by atoms with Crippen molar-refractivity contribution in [2.75, 3.05) is 0 Å². The van der Waals surface area contributed by atoms with Gasteiger partial charge in [-0.2, -0.15) is 0 Å². The summed E-state index contributed by atoms with van der Waals surface area (Å²) in [4.78, 5) is 0. The van der Waals surface area contributed by atoms with E-state index in [9.17, 15) is 0 Å². The van der Waals surface area contributed by atoms with Gasteiger partial charge in [0.25, 0.3) is 0 Å². The van der Waals surface area contributed by atoms with Crippen LogP contribution in [-0.4, -0.2) is 0 Å². The first-order chi connectivity index (χ1) is 29.8. The molecule has 0 fully saturated rings. The topological polar surface area (TPSA) is 0 Å². The van der Waals surface area contributed by atoms with Gasteiger partial charge in [0.1, 0.15) is 0 Å². The third kappa shape index (κ3) is 4.33. The maximum absolute atomic E-state index is 4.15. The molecular formula is C60H36. The van der Waals surface area contributed by atoms with Crippen molar-refractivity contribution in [2.45, 2.75) is 10.8 Å². The summed E-state index contributed by atoms with van der Waals surface area (Å²) in [6, 6.07) is 66.6. The Hall–Kier alpha value is -7.64. The maximum Gasteiger partial charge on any atom is 0.0933 e. The third-order valence-electron chi connectivity index (χ3n) is 13.9. The summed E-state index contributed by atoms with van der Waals surface area (Å²) in [6.07, 6.45) is 9.46. The molecule has 0 amide bonds. The highest BCUT2D eigenvalue weighted by molar-refractivity contribution is 6.16. The van der Waals surface area contributed by atoms with Gasteiger partial charge < -0.3 is 0 Å². The lowest BCUT2D eigenvalue weighted by Gasteiger charge is -2.53. The quantitative estimate of drug-likeness (QED) is 0.154. The Bertz CT molecular complexity index is 3230. The van der Waals surface area contributed by atoms with Gasteiger partial charge in [0, 0.05) is 23.0 Å². The van der Waals surface area contributed by atoms with E-state index < -0.39 is 10.8 Å². The first-order valence-corrected chi connectivity index (χ1v) is 21.0.